The van der Waals surface area contributed by atoms with Crippen molar-refractivity contribution in [2.24, 2.45) is 0 Å². The average Bonchev–Trinajstić information content (AvgIpc) is 2.32. The van der Waals surface area contributed by atoms with Crippen LogP contribution in [0.15, 0.2) is 0 Å². The zero-order chi connectivity index (χ0) is 14.0. The summed E-state index contributed by atoms with van der Waals surface area (Å²) in [5.74, 6) is 0. The van der Waals surface area contributed by atoms with Crippen LogP contribution in [0.1, 0.15) is 47.0 Å². The molecule has 0 aromatic heterocycles. The molecule has 0 heterocycles. The average molecular weight is 257 g/mol. The molecule has 0 spiro atoms. The third kappa shape index (κ3) is 9.86. The van der Waals surface area contributed by atoms with E-state index in [2.05, 4.69) is 56.9 Å². The first-order valence-electron chi connectivity index (χ1n) is 7.62. The molecule has 18 heavy (non-hydrogen) atoms. The Morgan fingerprint density at radius 1 is 0.889 bits per heavy atom. The van der Waals surface area contributed by atoms with Gasteiger partial charge in [0, 0.05) is 12.1 Å². The zero-order valence-electron chi connectivity index (χ0n) is 13.5. The molecule has 0 saturated heterocycles. The van der Waals surface area contributed by atoms with Crippen LogP contribution in [-0.2, 0) is 0 Å². The van der Waals surface area contributed by atoms with E-state index in [0.29, 0.717) is 12.1 Å². The first kappa shape index (κ1) is 17.9. The van der Waals surface area contributed by atoms with Crippen LogP contribution >= 0.6 is 0 Å². The van der Waals surface area contributed by atoms with Gasteiger partial charge >= 0.3 is 0 Å². The van der Waals surface area contributed by atoms with E-state index in [9.17, 15) is 0 Å². The van der Waals surface area contributed by atoms with E-state index in [1.165, 1.54) is 45.4 Å². The molecule has 0 aliphatic rings. The van der Waals surface area contributed by atoms with Crippen molar-refractivity contribution >= 4 is 0 Å². The van der Waals surface area contributed by atoms with Crippen molar-refractivity contribution in [3.05, 3.63) is 0 Å². The predicted octanol–water partition coefficient (Wildman–Crippen LogP) is 2.43. The van der Waals surface area contributed by atoms with Crippen LogP contribution in [-0.4, -0.2) is 62.2 Å². The molecular weight excluding hydrogens is 222 g/mol. The van der Waals surface area contributed by atoms with Crippen molar-refractivity contribution in [1.82, 2.24) is 15.1 Å². The van der Waals surface area contributed by atoms with Gasteiger partial charge in [0.25, 0.3) is 0 Å². The molecule has 3 heteroatoms. The first-order chi connectivity index (χ1) is 8.49. The van der Waals surface area contributed by atoms with E-state index in [0.717, 1.165) is 0 Å². The Morgan fingerprint density at radius 3 is 1.94 bits per heavy atom. The summed E-state index contributed by atoms with van der Waals surface area (Å²) < 4.78 is 0. The molecule has 0 fully saturated rings. The molecule has 0 radical (unpaired) electrons. The number of rotatable bonds is 11. The maximum atomic E-state index is 3.70. The SMILES string of the molecule is CCN(CC)CCCC(C)NC(C)CCN(C)C. The van der Waals surface area contributed by atoms with Crippen molar-refractivity contribution < 1.29 is 0 Å². The first-order valence-corrected chi connectivity index (χ1v) is 7.62. The molecule has 3 nitrogen and oxygen atoms in total. The number of nitrogens with zero attached hydrogens (tertiary/aromatic N) is 2. The van der Waals surface area contributed by atoms with Crippen LogP contribution in [0.2, 0.25) is 0 Å². The molecule has 0 saturated carbocycles. The quantitative estimate of drug-likeness (QED) is 0.613. The highest BCUT2D eigenvalue weighted by Gasteiger charge is 2.08. The number of nitrogens with one attached hydrogen (secondary N) is 1. The van der Waals surface area contributed by atoms with Crippen LogP contribution in [0.3, 0.4) is 0 Å². The zero-order valence-corrected chi connectivity index (χ0v) is 13.5. The Bertz CT molecular complexity index is 179. The maximum absolute atomic E-state index is 3.70. The van der Waals surface area contributed by atoms with Gasteiger partial charge in [0.05, 0.1) is 0 Å². The van der Waals surface area contributed by atoms with E-state index in [4.69, 9.17) is 0 Å². The van der Waals surface area contributed by atoms with Gasteiger partial charge in [-0.2, -0.15) is 0 Å². The second kappa shape index (κ2) is 10.8. The van der Waals surface area contributed by atoms with E-state index in [-0.39, 0.29) is 0 Å². The lowest BCUT2D eigenvalue weighted by molar-refractivity contribution is 0.285. The monoisotopic (exact) mass is 257 g/mol. The van der Waals surface area contributed by atoms with Crippen molar-refractivity contribution in [3.8, 4) is 0 Å². The van der Waals surface area contributed by atoms with Crippen LogP contribution in [0.25, 0.3) is 0 Å². The van der Waals surface area contributed by atoms with Crippen molar-refractivity contribution in [3.63, 3.8) is 0 Å². The van der Waals surface area contributed by atoms with Gasteiger partial charge in [-0.05, 0) is 73.4 Å². The summed E-state index contributed by atoms with van der Waals surface area (Å²) in [6, 6.07) is 1.26. The summed E-state index contributed by atoms with van der Waals surface area (Å²) in [4.78, 5) is 4.76. The minimum atomic E-state index is 0.621. The fourth-order valence-electron chi connectivity index (χ4n) is 2.27. The Kier molecular flexibility index (Phi) is 10.7. The molecule has 0 aromatic carbocycles. The Labute approximate surface area is 115 Å². The molecule has 2 atom stereocenters. The van der Waals surface area contributed by atoms with Crippen LogP contribution < -0.4 is 5.32 Å². The number of hydrogen-bond donors (Lipinski definition) is 1. The lowest BCUT2D eigenvalue weighted by Crippen LogP contribution is -2.37. The van der Waals surface area contributed by atoms with Crippen LogP contribution in [0.4, 0.5) is 0 Å². The van der Waals surface area contributed by atoms with Crippen LogP contribution in [0.5, 0.6) is 0 Å². The largest absolute Gasteiger partial charge is 0.312 e. The van der Waals surface area contributed by atoms with Gasteiger partial charge in [-0.3, -0.25) is 0 Å². The summed E-state index contributed by atoms with van der Waals surface area (Å²) in [7, 11) is 4.28. The normalized spacial score (nSPS) is 15.3. The topological polar surface area (TPSA) is 18.5 Å². The van der Waals surface area contributed by atoms with Gasteiger partial charge in [-0.25, -0.2) is 0 Å². The molecule has 0 aliphatic heterocycles. The fraction of sp³-hybridized carbons (Fsp3) is 1.00. The van der Waals surface area contributed by atoms with Crippen LogP contribution in [0, 0.1) is 0 Å². The molecule has 1 N–H and O–H groups in total. The van der Waals surface area contributed by atoms with E-state index in [1.54, 1.807) is 0 Å². The number of hydrogen-bond acceptors (Lipinski definition) is 3. The predicted molar refractivity (Wildman–Crippen MR) is 82.3 cm³/mol. The second-order valence-corrected chi connectivity index (χ2v) is 5.73. The Morgan fingerprint density at radius 2 is 1.44 bits per heavy atom. The fourth-order valence-corrected chi connectivity index (χ4v) is 2.27. The molecule has 0 bridgehead atoms. The van der Waals surface area contributed by atoms with Gasteiger partial charge in [-0.15, -0.1) is 0 Å². The van der Waals surface area contributed by atoms with E-state index in [1.807, 2.05) is 0 Å². The lowest BCUT2D eigenvalue weighted by Gasteiger charge is -2.23. The highest BCUT2D eigenvalue weighted by Crippen LogP contribution is 2.02. The molecule has 0 amide bonds. The summed E-state index contributed by atoms with van der Waals surface area (Å²) in [6.45, 7) is 13.9. The van der Waals surface area contributed by atoms with Crippen molar-refractivity contribution in [2.45, 2.75) is 59.0 Å². The lowest BCUT2D eigenvalue weighted by atomic mass is 10.1. The van der Waals surface area contributed by atoms with E-state index >= 15 is 0 Å². The third-order valence-corrected chi connectivity index (χ3v) is 3.58. The molecular formula is C15H35N3. The molecule has 0 aromatic rings. The Balaban J connectivity index is 3.60. The molecule has 2 unspecified atom stereocenters. The Hall–Kier alpha value is -0.120. The highest BCUT2D eigenvalue weighted by molar-refractivity contribution is 4.69. The third-order valence-electron chi connectivity index (χ3n) is 3.58. The minimum Gasteiger partial charge on any atom is -0.312 e. The van der Waals surface area contributed by atoms with Gasteiger partial charge in [0.2, 0.25) is 0 Å². The highest BCUT2D eigenvalue weighted by atomic mass is 15.1. The second-order valence-electron chi connectivity index (χ2n) is 5.73. The molecule has 0 rings (SSSR count). The van der Waals surface area contributed by atoms with Gasteiger partial charge in [-0.1, -0.05) is 13.8 Å². The summed E-state index contributed by atoms with van der Waals surface area (Å²) >= 11 is 0. The van der Waals surface area contributed by atoms with Gasteiger partial charge < -0.3 is 15.1 Å². The van der Waals surface area contributed by atoms with Crippen molar-refractivity contribution in [2.75, 3.05) is 40.3 Å². The van der Waals surface area contributed by atoms with Gasteiger partial charge in [0.1, 0.15) is 0 Å². The maximum Gasteiger partial charge on any atom is 0.00533 e. The smallest absolute Gasteiger partial charge is 0.00533 e. The summed E-state index contributed by atoms with van der Waals surface area (Å²) in [6.07, 6.45) is 3.81. The van der Waals surface area contributed by atoms with Gasteiger partial charge in [0.15, 0.2) is 0 Å². The van der Waals surface area contributed by atoms with Crippen molar-refractivity contribution in [1.29, 1.82) is 0 Å². The summed E-state index contributed by atoms with van der Waals surface area (Å²) in [5.41, 5.74) is 0. The minimum absolute atomic E-state index is 0.621. The molecule has 0 aliphatic carbocycles. The molecule has 110 valence electrons. The standard InChI is InChI=1S/C15H35N3/c1-7-18(8-2)12-9-10-14(3)16-15(4)11-13-17(5)6/h14-16H,7-13H2,1-6H3. The van der Waals surface area contributed by atoms with E-state index < -0.39 is 0 Å². The summed E-state index contributed by atoms with van der Waals surface area (Å²) in [5, 5.41) is 3.70.